The lowest BCUT2D eigenvalue weighted by atomic mass is 9.89. The Hall–Kier alpha value is -0.720. The third-order valence-electron chi connectivity index (χ3n) is 11.7. The Balaban J connectivity index is -0.000000174. The summed E-state index contributed by atoms with van der Waals surface area (Å²) < 4.78 is 64.8. The van der Waals surface area contributed by atoms with Gasteiger partial charge in [-0.15, -0.1) is 0 Å². The Morgan fingerprint density at radius 3 is 0.635 bits per heavy atom. The fraction of sp³-hybridized carbons (Fsp3) is 1.00. The van der Waals surface area contributed by atoms with E-state index in [0.29, 0.717) is 130 Å². The van der Waals surface area contributed by atoms with E-state index in [2.05, 4.69) is 271 Å². The maximum atomic E-state index is 5.60. The van der Waals surface area contributed by atoms with Gasteiger partial charge in [0.05, 0.1) is 145 Å². The zero-order valence-corrected chi connectivity index (χ0v) is 77.1. The summed E-state index contributed by atoms with van der Waals surface area (Å²) >= 11 is 0. The maximum absolute atomic E-state index is 5.60. The second kappa shape index (κ2) is 73.7. The van der Waals surface area contributed by atoms with Crippen molar-refractivity contribution in [1.82, 2.24) is 21.3 Å². The molecule has 104 heavy (non-hydrogen) atoms. The van der Waals surface area contributed by atoms with E-state index in [1.54, 1.807) is 0 Å². The Morgan fingerprint density at radius 1 is 0.202 bits per heavy atom. The lowest BCUT2D eigenvalue weighted by Crippen LogP contribution is -2.38. The highest BCUT2D eigenvalue weighted by Crippen LogP contribution is 2.22. The number of unbranched alkanes of at least 4 members (excludes halogenated alkanes) is 4. The van der Waals surface area contributed by atoms with Crippen molar-refractivity contribution in [2.75, 3.05) is 198 Å². The molecule has 0 amide bonds. The first kappa shape index (κ1) is 119. The summed E-state index contributed by atoms with van der Waals surface area (Å²) in [5.41, 5.74) is 13.2. The molecule has 0 aromatic carbocycles. The van der Waals surface area contributed by atoms with E-state index in [1.165, 1.54) is 45.1 Å². The van der Waals surface area contributed by atoms with Crippen molar-refractivity contribution in [2.24, 2.45) is 55.8 Å². The van der Waals surface area contributed by atoms with E-state index in [1.807, 2.05) is 0 Å². The van der Waals surface area contributed by atoms with Crippen LogP contribution in [0.3, 0.4) is 0 Å². The van der Waals surface area contributed by atoms with Gasteiger partial charge in [-0.05, 0) is 179 Å². The monoisotopic (exact) mass is 1500 g/mol. The van der Waals surface area contributed by atoms with Crippen LogP contribution < -0.4 is 32.7 Å². The van der Waals surface area contributed by atoms with Gasteiger partial charge in [-0.1, -0.05) is 185 Å². The minimum Gasteiger partial charge on any atom is -0.381 e. The topological polar surface area (TPSA) is 211 Å². The van der Waals surface area contributed by atoms with Gasteiger partial charge < -0.3 is 89.6 Å². The number of hydrogen-bond donors (Lipinski definition) is 6. The molecule has 0 radical (unpaired) electrons. The Labute approximate surface area is 651 Å². The third kappa shape index (κ3) is 171. The highest BCUT2D eigenvalue weighted by Gasteiger charge is 2.15. The van der Waals surface area contributed by atoms with E-state index in [9.17, 15) is 0 Å². The van der Waals surface area contributed by atoms with Gasteiger partial charge in [0.2, 0.25) is 0 Å². The van der Waals surface area contributed by atoms with E-state index >= 15 is 0 Å². The molecule has 0 aromatic rings. The quantitative estimate of drug-likeness (QED) is 0.0313. The molecule has 0 atom stereocenters. The van der Waals surface area contributed by atoms with Crippen molar-refractivity contribution in [2.45, 2.75) is 323 Å². The maximum Gasteiger partial charge on any atom is 0.0701 e. The van der Waals surface area contributed by atoms with Crippen LogP contribution in [0.4, 0.5) is 0 Å². The molecule has 0 saturated heterocycles. The normalized spacial score (nSPS) is 12.5. The van der Waals surface area contributed by atoms with Crippen molar-refractivity contribution in [3.63, 3.8) is 0 Å². The van der Waals surface area contributed by atoms with Crippen LogP contribution in [0.5, 0.6) is 0 Å². The van der Waals surface area contributed by atoms with Gasteiger partial charge in [0.25, 0.3) is 0 Å². The van der Waals surface area contributed by atoms with Crippen LogP contribution >= 0.6 is 0 Å². The predicted molar refractivity (Wildman–Crippen MR) is 454 cm³/mol. The second-order valence-electron chi connectivity index (χ2n) is 39.9. The highest BCUT2D eigenvalue weighted by molar-refractivity contribution is 4.73. The predicted octanol–water partition coefficient (Wildman–Crippen LogP) is 18.3. The SMILES string of the molecule is CC(C)(C)CCCCCCNC(C)(C)C.CC(C)(C)COCCCCNC(C)(C)C.CC(C)(C)COCCCNC(C)(C)C.CC(C)(C)COCCOCCOCCN.CC(C)(C)COCCOCCOCCNC(C)(C)C.CC(C)(C)COCCOCCOCCOCCN.CC(C)C.CC(C)C. The van der Waals surface area contributed by atoms with Crippen LogP contribution in [0.15, 0.2) is 0 Å². The molecule has 0 rings (SSSR count). The van der Waals surface area contributed by atoms with E-state index in [-0.39, 0.29) is 43.8 Å². The molecule has 18 heteroatoms. The van der Waals surface area contributed by atoms with Crippen molar-refractivity contribution in [3.8, 4) is 0 Å². The fourth-order valence-corrected chi connectivity index (χ4v) is 7.12. The molecule has 0 fully saturated rings. The first-order valence-corrected chi connectivity index (χ1v) is 40.7. The fourth-order valence-electron chi connectivity index (χ4n) is 7.12. The molecule has 0 bridgehead atoms. The largest absolute Gasteiger partial charge is 0.381 e. The second-order valence-corrected chi connectivity index (χ2v) is 39.9. The summed E-state index contributed by atoms with van der Waals surface area (Å²) in [5, 5.41) is 13.8. The average Bonchev–Trinajstić information content (AvgIpc) is 1.04. The average molecular weight is 1500 g/mol. The molecular weight excluding hydrogens is 1310 g/mol. The molecule has 0 saturated carbocycles. The molecule has 0 aliphatic rings. The summed E-state index contributed by atoms with van der Waals surface area (Å²) in [4.78, 5) is 0. The minimum absolute atomic E-state index is 0.157. The summed E-state index contributed by atoms with van der Waals surface area (Å²) in [5.74, 6) is 1.67. The number of rotatable bonds is 48. The first-order chi connectivity index (χ1) is 47.4. The van der Waals surface area contributed by atoms with Gasteiger partial charge in [0.15, 0.2) is 0 Å². The van der Waals surface area contributed by atoms with E-state index < -0.39 is 0 Å². The molecule has 0 unspecified atom stereocenters. The van der Waals surface area contributed by atoms with Gasteiger partial charge >= 0.3 is 0 Å². The van der Waals surface area contributed by atoms with Crippen LogP contribution in [0, 0.1) is 44.3 Å². The van der Waals surface area contributed by atoms with Crippen molar-refractivity contribution in [3.05, 3.63) is 0 Å². The van der Waals surface area contributed by atoms with E-state index in [4.69, 9.17) is 68.3 Å². The lowest BCUT2D eigenvalue weighted by molar-refractivity contribution is -0.0103. The number of ether oxygens (including phenoxy) is 12. The summed E-state index contributed by atoms with van der Waals surface area (Å²) in [6, 6.07) is 0. The molecule has 0 heterocycles. The minimum atomic E-state index is 0.157. The molecule has 0 aromatic heterocycles. The van der Waals surface area contributed by atoms with Gasteiger partial charge in [-0.25, -0.2) is 0 Å². The summed E-state index contributed by atoms with van der Waals surface area (Å²) in [7, 11) is 0. The highest BCUT2D eigenvalue weighted by atomic mass is 16.6. The summed E-state index contributed by atoms with van der Waals surface area (Å²) in [6.45, 7) is 100. The number of nitrogens with two attached hydrogens (primary N) is 2. The molecule has 0 spiro atoms. The van der Waals surface area contributed by atoms with Crippen molar-refractivity contribution >= 4 is 0 Å². The number of hydrogen-bond acceptors (Lipinski definition) is 18. The Bertz CT molecular complexity index is 1520. The van der Waals surface area contributed by atoms with Crippen molar-refractivity contribution < 1.29 is 56.8 Å². The Kier molecular flexibility index (Phi) is 84.4. The smallest absolute Gasteiger partial charge is 0.0701 e. The van der Waals surface area contributed by atoms with E-state index in [0.717, 1.165) is 97.2 Å². The summed E-state index contributed by atoms with van der Waals surface area (Å²) in [6.07, 6.45) is 10.3. The van der Waals surface area contributed by atoms with Crippen LogP contribution in [0.2, 0.25) is 0 Å². The van der Waals surface area contributed by atoms with Gasteiger partial charge in [-0.3, -0.25) is 0 Å². The molecular formula is C86H194N6O12. The van der Waals surface area contributed by atoms with Gasteiger partial charge in [0.1, 0.15) is 0 Å². The number of nitrogens with one attached hydrogen (secondary N) is 4. The van der Waals surface area contributed by atoms with Crippen molar-refractivity contribution in [1.29, 1.82) is 0 Å². The standard InChI is InChI=1S/C15H33NO3.C14H31N.C13H29NO4.C13H29NO.C12H27NO.C11H25NO3.2C4H10/c1-14(2,3)13-19-12-11-18-10-9-17-8-7-16-15(4,5)6;1-13(2,3)11-9-7-8-10-12-15-14(4,5)6;1-13(2,3)12-18-11-10-17-9-8-16-7-6-15-5-4-14;1-12(2,3)11-15-10-8-7-9-14-13(4,5)6;1-11(2,3)10-14-9-7-8-13-12(4,5)6;1-11(2,3)10-15-9-8-14-7-6-13-5-4-12;2*1-4(2)3/h16H,7-13H2,1-6H3;15H,7-12H2,1-6H3;4-12,14H2,1-3H3;14H,7-11H2,1-6H3;13H,7-10H2,1-6H3;4-10,12H2,1-3H3;2*4H,1-3H3. The van der Waals surface area contributed by atoms with Gasteiger partial charge in [0, 0.05) is 55.0 Å². The Morgan fingerprint density at radius 2 is 0.394 bits per heavy atom. The van der Waals surface area contributed by atoms with Gasteiger partial charge in [-0.2, -0.15) is 0 Å². The molecule has 18 nitrogen and oxygen atoms in total. The molecule has 8 N–H and O–H groups in total. The molecule has 0 aliphatic heterocycles. The first-order valence-electron chi connectivity index (χ1n) is 40.7. The third-order valence-corrected chi connectivity index (χ3v) is 11.7. The van der Waals surface area contributed by atoms with Crippen LogP contribution in [0.25, 0.3) is 0 Å². The van der Waals surface area contributed by atoms with Crippen LogP contribution in [0.1, 0.15) is 301 Å². The lowest BCUT2D eigenvalue weighted by Gasteiger charge is -2.21. The zero-order valence-electron chi connectivity index (χ0n) is 77.1. The molecule has 0 aliphatic carbocycles. The van der Waals surface area contributed by atoms with Crippen LogP contribution in [-0.4, -0.2) is 220 Å². The van der Waals surface area contributed by atoms with Crippen LogP contribution in [-0.2, 0) is 56.8 Å². The zero-order chi connectivity index (χ0) is 82.3. The molecule has 640 valence electrons.